The third-order valence-corrected chi connectivity index (χ3v) is 4.57. The molecular formula is C18H28N2O2. The molecule has 0 aliphatic heterocycles. The van der Waals surface area contributed by atoms with Crippen LogP contribution < -0.4 is 5.32 Å². The minimum absolute atomic E-state index is 0.00751. The first-order chi connectivity index (χ1) is 10.5. The summed E-state index contributed by atoms with van der Waals surface area (Å²) in [5, 5.41) is 12.4. The summed E-state index contributed by atoms with van der Waals surface area (Å²) in [6.45, 7) is 6.91. The molecule has 122 valence electrons. The summed E-state index contributed by atoms with van der Waals surface area (Å²) < 4.78 is 0. The number of nitrogens with one attached hydrogen (secondary N) is 1. The molecule has 22 heavy (non-hydrogen) atoms. The van der Waals surface area contributed by atoms with Crippen molar-refractivity contribution in [2.45, 2.75) is 52.0 Å². The largest absolute Gasteiger partial charge is 0.394 e. The Bertz CT molecular complexity index is 480. The lowest BCUT2D eigenvalue weighted by Crippen LogP contribution is -2.46. The van der Waals surface area contributed by atoms with Crippen molar-refractivity contribution in [1.29, 1.82) is 0 Å². The molecule has 1 atom stereocenters. The fourth-order valence-electron chi connectivity index (χ4n) is 2.66. The van der Waals surface area contributed by atoms with Crippen LogP contribution in [-0.4, -0.2) is 35.2 Å². The van der Waals surface area contributed by atoms with E-state index >= 15 is 0 Å². The average Bonchev–Trinajstić information content (AvgIpc) is 2.45. The maximum atomic E-state index is 12.5. The molecule has 1 aliphatic carbocycles. The van der Waals surface area contributed by atoms with E-state index in [2.05, 4.69) is 19.2 Å². The number of amides is 2. The van der Waals surface area contributed by atoms with Gasteiger partial charge in [0.25, 0.3) is 0 Å². The number of hydrogen-bond donors (Lipinski definition) is 2. The topological polar surface area (TPSA) is 52.6 Å². The molecule has 2 amide bonds. The Balaban J connectivity index is 1.99. The van der Waals surface area contributed by atoms with Gasteiger partial charge in [0.05, 0.1) is 12.6 Å². The molecule has 1 aromatic carbocycles. The zero-order valence-corrected chi connectivity index (χ0v) is 13.9. The molecule has 0 heterocycles. The van der Waals surface area contributed by atoms with E-state index < -0.39 is 0 Å². The molecule has 2 rings (SSSR count). The Kier molecular flexibility index (Phi) is 5.83. The van der Waals surface area contributed by atoms with Crippen LogP contribution in [0.4, 0.5) is 10.5 Å². The summed E-state index contributed by atoms with van der Waals surface area (Å²) in [6, 6.07) is 7.70. The van der Waals surface area contributed by atoms with E-state index in [9.17, 15) is 9.90 Å². The van der Waals surface area contributed by atoms with Crippen molar-refractivity contribution in [2.75, 3.05) is 18.5 Å². The van der Waals surface area contributed by atoms with Gasteiger partial charge in [0.15, 0.2) is 0 Å². The predicted molar refractivity (Wildman–Crippen MR) is 90.1 cm³/mol. The third kappa shape index (κ3) is 4.23. The van der Waals surface area contributed by atoms with Crippen molar-refractivity contribution in [3.05, 3.63) is 29.8 Å². The summed E-state index contributed by atoms with van der Waals surface area (Å²) in [5.41, 5.74) is 2.06. The molecule has 0 radical (unpaired) electrons. The molecule has 4 heteroatoms. The number of nitrogens with zero attached hydrogens (tertiary/aromatic N) is 1. The first kappa shape index (κ1) is 16.8. The highest BCUT2D eigenvalue weighted by molar-refractivity contribution is 5.89. The van der Waals surface area contributed by atoms with Crippen LogP contribution in [-0.2, 0) is 0 Å². The molecular weight excluding hydrogens is 276 g/mol. The standard InChI is InChI=1S/C18H28N2O2/c1-13(2)16-7-9-17(10-8-16)19-18(22)20(14(3)12-21)11-15-5-4-6-15/h7-10,13-15,21H,4-6,11-12H2,1-3H3,(H,19,22)/t14-/m0/s1. The van der Waals surface area contributed by atoms with Crippen LogP contribution in [0.5, 0.6) is 0 Å². The number of carbonyl (C=O) groups is 1. The second kappa shape index (κ2) is 7.63. The number of aliphatic hydroxyl groups is 1. The Morgan fingerprint density at radius 3 is 2.36 bits per heavy atom. The molecule has 0 spiro atoms. The van der Waals surface area contributed by atoms with Gasteiger partial charge in [0.1, 0.15) is 0 Å². The minimum Gasteiger partial charge on any atom is -0.394 e. The maximum Gasteiger partial charge on any atom is 0.322 e. The first-order valence-electron chi connectivity index (χ1n) is 8.29. The molecule has 1 aliphatic rings. The van der Waals surface area contributed by atoms with Gasteiger partial charge in [-0.15, -0.1) is 0 Å². The summed E-state index contributed by atoms with van der Waals surface area (Å²) >= 11 is 0. The molecule has 0 unspecified atom stereocenters. The highest BCUT2D eigenvalue weighted by Crippen LogP contribution is 2.28. The minimum atomic E-state index is -0.157. The van der Waals surface area contributed by atoms with Crippen LogP contribution in [0.3, 0.4) is 0 Å². The van der Waals surface area contributed by atoms with E-state index in [1.165, 1.54) is 24.8 Å². The van der Waals surface area contributed by atoms with Gasteiger partial charge in [0, 0.05) is 12.2 Å². The lowest BCUT2D eigenvalue weighted by molar-refractivity contribution is 0.121. The zero-order chi connectivity index (χ0) is 16.1. The zero-order valence-electron chi connectivity index (χ0n) is 13.9. The monoisotopic (exact) mass is 304 g/mol. The van der Waals surface area contributed by atoms with Crippen molar-refractivity contribution in [2.24, 2.45) is 5.92 Å². The smallest absolute Gasteiger partial charge is 0.322 e. The number of urea groups is 1. The number of rotatable bonds is 6. The first-order valence-corrected chi connectivity index (χ1v) is 8.29. The SMILES string of the molecule is CC(C)c1ccc(NC(=O)N(CC2CCC2)[C@@H](C)CO)cc1. The Morgan fingerprint density at radius 2 is 1.91 bits per heavy atom. The number of hydrogen-bond acceptors (Lipinski definition) is 2. The van der Waals surface area contributed by atoms with Crippen molar-refractivity contribution in [3.63, 3.8) is 0 Å². The fraction of sp³-hybridized carbons (Fsp3) is 0.611. The van der Waals surface area contributed by atoms with Crippen LogP contribution in [0, 0.1) is 5.92 Å². The summed E-state index contributed by atoms with van der Waals surface area (Å²) in [5.74, 6) is 1.07. The number of carbonyl (C=O) groups excluding carboxylic acids is 1. The summed E-state index contributed by atoms with van der Waals surface area (Å²) in [4.78, 5) is 14.3. The second-order valence-electron chi connectivity index (χ2n) is 6.69. The lowest BCUT2D eigenvalue weighted by atomic mass is 9.85. The molecule has 4 nitrogen and oxygen atoms in total. The molecule has 1 saturated carbocycles. The van der Waals surface area contributed by atoms with Crippen molar-refractivity contribution < 1.29 is 9.90 Å². The number of benzene rings is 1. The van der Waals surface area contributed by atoms with E-state index in [4.69, 9.17) is 0 Å². The van der Waals surface area contributed by atoms with Crippen molar-refractivity contribution in [3.8, 4) is 0 Å². The van der Waals surface area contributed by atoms with Crippen LogP contribution in [0.25, 0.3) is 0 Å². The summed E-state index contributed by atoms with van der Waals surface area (Å²) in [7, 11) is 0. The van der Waals surface area contributed by atoms with Gasteiger partial charge in [-0.25, -0.2) is 4.79 Å². The van der Waals surface area contributed by atoms with E-state index in [0.29, 0.717) is 11.8 Å². The predicted octanol–water partition coefficient (Wildman–Crippen LogP) is 3.82. The van der Waals surface area contributed by atoms with Gasteiger partial charge in [-0.1, -0.05) is 32.4 Å². The summed E-state index contributed by atoms with van der Waals surface area (Å²) in [6.07, 6.45) is 3.63. The fourth-order valence-corrected chi connectivity index (χ4v) is 2.66. The molecule has 0 bridgehead atoms. The van der Waals surface area contributed by atoms with Crippen molar-refractivity contribution >= 4 is 11.7 Å². The molecule has 1 fully saturated rings. The van der Waals surface area contributed by atoms with Crippen LogP contribution in [0.15, 0.2) is 24.3 Å². The van der Waals surface area contributed by atoms with Gasteiger partial charge in [-0.2, -0.15) is 0 Å². The van der Waals surface area contributed by atoms with E-state index in [1.807, 2.05) is 31.2 Å². The maximum absolute atomic E-state index is 12.5. The third-order valence-electron chi connectivity index (χ3n) is 4.57. The average molecular weight is 304 g/mol. The highest BCUT2D eigenvalue weighted by atomic mass is 16.3. The van der Waals surface area contributed by atoms with Gasteiger partial charge < -0.3 is 15.3 Å². The molecule has 1 aromatic rings. The van der Waals surface area contributed by atoms with E-state index in [0.717, 1.165) is 12.2 Å². The van der Waals surface area contributed by atoms with Crippen LogP contribution in [0.2, 0.25) is 0 Å². The second-order valence-corrected chi connectivity index (χ2v) is 6.69. The molecule has 0 saturated heterocycles. The van der Waals surface area contributed by atoms with E-state index in [-0.39, 0.29) is 18.7 Å². The number of aliphatic hydroxyl groups excluding tert-OH is 1. The number of anilines is 1. The van der Waals surface area contributed by atoms with Crippen LogP contribution >= 0.6 is 0 Å². The van der Waals surface area contributed by atoms with Crippen LogP contribution in [0.1, 0.15) is 51.5 Å². The Hall–Kier alpha value is -1.55. The normalized spacial score (nSPS) is 16.2. The Labute approximate surface area is 133 Å². The van der Waals surface area contributed by atoms with Crippen molar-refractivity contribution in [1.82, 2.24) is 4.90 Å². The van der Waals surface area contributed by atoms with E-state index in [1.54, 1.807) is 4.90 Å². The lowest BCUT2D eigenvalue weighted by Gasteiger charge is -2.35. The Morgan fingerprint density at radius 1 is 1.27 bits per heavy atom. The van der Waals surface area contributed by atoms with Gasteiger partial charge >= 0.3 is 6.03 Å². The quantitative estimate of drug-likeness (QED) is 0.839. The molecule has 0 aromatic heterocycles. The molecule has 2 N–H and O–H groups in total. The highest BCUT2D eigenvalue weighted by Gasteiger charge is 2.26. The van der Waals surface area contributed by atoms with Gasteiger partial charge in [-0.05, 0) is 49.3 Å². The van der Waals surface area contributed by atoms with Gasteiger partial charge in [0.2, 0.25) is 0 Å². The van der Waals surface area contributed by atoms with Gasteiger partial charge in [-0.3, -0.25) is 0 Å².